The number of nitrogens with zero attached hydrogens (tertiary/aromatic N) is 2. The highest BCUT2D eigenvalue weighted by Gasteiger charge is 2.08. The highest BCUT2D eigenvalue weighted by Crippen LogP contribution is 2.25. The Balaban J connectivity index is 2.30. The quantitative estimate of drug-likeness (QED) is 0.858. The fourth-order valence-corrected chi connectivity index (χ4v) is 2.12. The molecule has 16 heavy (non-hydrogen) atoms. The summed E-state index contributed by atoms with van der Waals surface area (Å²) in [4.78, 5) is 4.92. The van der Waals surface area contributed by atoms with E-state index in [1.54, 1.807) is 0 Å². The molecule has 0 unspecified atom stereocenters. The largest absolute Gasteiger partial charge is 0.338 e. The number of nitrogens with one attached hydrogen (secondary N) is 1. The number of thiazole rings is 1. The molecule has 0 saturated heterocycles. The van der Waals surface area contributed by atoms with Crippen molar-refractivity contribution in [2.45, 2.75) is 13.8 Å². The van der Waals surface area contributed by atoms with Crippen molar-refractivity contribution in [3.05, 3.63) is 39.7 Å². The van der Waals surface area contributed by atoms with Crippen LogP contribution in [-0.2, 0) is 0 Å². The maximum atomic E-state index is 8.94. The topological polar surface area (TPSA) is 48.7 Å². The zero-order chi connectivity index (χ0) is 11.5. The Labute approximate surface area is 98.4 Å². The third kappa shape index (κ3) is 2.20. The predicted molar refractivity (Wildman–Crippen MR) is 66.0 cm³/mol. The summed E-state index contributed by atoms with van der Waals surface area (Å²) in [7, 11) is 0. The molecule has 3 nitrogen and oxygen atoms in total. The van der Waals surface area contributed by atoms with Gasteiger partial charge < -0.3 is 5.32 Å². The standard InChI is InChI=1S/C12H11N3S/c1-8-4-3-5-10(6-8)15-12-11(7-13)16-9(2)14-12/h3-6,15H,1-2H3. The summed E-state index contributed by atoms with van der Waals surface area (Å²) in [5.41, 5.74) is 2.14. The van der Waals surface area contributed by atoms with Gasteiger partial charge in [0.05, 0.1) is 5.01 Å². The lowest BCUT2D eigenvalue weighted by Crippen LogP contribution is -1.92. The van der Waals surface area contributed by atoms with Gasteiger partial charge in [-0.1, -0.05) is 12.1 Å². The van der Waals surface area contributed by atoms with Crippen LogP contribution in [0.15, 0.2) is 24.3 Å². The van der Waals surface area contributed by atoms with E-state index in [4.69, 9.17) is 5.26 Å². The highest BCUT2D eigenvalue weighted by atomic mass is 32.1. The number of hydrogen-bond donors (Lipinski definition) is 1. The minimum absolute atomic E-state index is 0.624. The molecule has 0 radical (unpaired) electrons. The van der Waals surface area contributed by atoms with Crippen LogP contribution in [0.5, 0.6) is 0 Å². The third-order valence-electron chi connectivity index (χ3n) is 2.12. The van der Waals surface area contributed by atoms with E-state index in [9.17, 15) is 0 Å². The van der Waals surface area contributed by atoms with Gasteiger partial charge in [-0.3, -0.25) is 0 Å². The monoisotopic (exact) mass is 229 g/mol. The molecule has 1 aromatic carbocycles. The summed E-state index contributed by atoms with van der Waals surface area (Å²) in [6.45, 7) is 3.93. The van der Waals surface area contributed by atoms with Crippen molar-refractivity contribution >= 4 is 22.8 Å². The van der Waals surface area contributed by atoms with E-state index in [2.05, 4.69) is 16.4 Å². The summed E-state index contributed by atoms with van der Waals surface area (Å²) in [5, 5.41) is 13.0. The minimum atomic E-state index is 0.624. The van der Waals surface area contributed by atoms with Crippen LogP contribution >= 0.6 is 11.3 Å². The van der Waals surface area contributed by atoms with Crippen molar-refractivity contribution in [2.75, 3.05) is 5.32 Å². The van der Waals surface area contributed by atoms with E-state index in [-0.39, 0.29) is 0 Å². The second-order valence-electron chi connectivity index (χ2n) is 3.52. The first-order valence-corrected chi connectivity index (χ1v) is 5.72. The van der Waals surface area contributed by atoms with Gasteiger partial charge >= 0.3 is 0 Å². The third-order valence-corrected chi connectivity index (χ3v) is 2.99. The number of benzene rings is 1. The van der Waals surface area contributed by atoms with Crippen LogP contribution in [-0.4, -0.2) is 4.98 Å². The van der Waals surface area contributed by atoms with Crippen LogP contribution < -0.4 is 5.32 Å². The molecule has 0 amide bonds. The summed E-state index contributed by atoms with van der Waals surface area (Å²) in [6, 6.07) is 10.1. The lowest BCUT2D eigenvalue weighted by molar-refractivity contribution is 1.28. The van der Waals surface area contributed by atoms with E-state index in [0.29, 0.717) is 10.7 Å². The van der Waals surface area contributed by atoms with Crippen molar-refractivity contribution in [3.63, 3.8) is 0 Å². The van der Waals surface area contributed by atoms with Gasteiger partial charge in [0.25, 0.3) is 0 Å². The van der Waals surface area contributed by atoms with Crippen molar-refractivity contribution in [3.8, 4) is 6.07 Å². The van der Waals surface area contributed by atoms with Gasteiger partial charge in [-0.2, -0.15) is 5.26 Å². The molecule has 0 aliphatic heterocycles. The molecular weight excluding hydrogens is 218 g/mol. The van der Waals surface area contributed by atoms with E-state index in [1.807, 2.05) is 38.1 Å². The van der Waals surface area contributed by atoms with Crippen molar-refractivity contribution in [2.24, 2.45) is 0 Å². The van der Waals surface area contributed by atoms with Crippen LogP contribution in [0.4, 0.5) is 11.5 Å². The van der Waals surface area contributed by atoms with Gasteiger partial charge in [0.1, 0.15) is 10.9 Å². The number of hydrogen-bond acceptors (Lipinski definition) is 4. The van der Waals surface area contributed by atoms with Crippen LogP contribution in [0.25, 0.3) is 0 Å². The molecule has 0 aliphatic rings. The van der Waals surface area contributed by atoms with Gasteiger partial charge in [0, 0.05) is 5.69 Å². The summed E-state index contributed by atoms with van der Waals surface area (Å²) < 4.78 is 0. The maximum absolute atomic E-state index is 8.94. The zero-order valence-electron chi connectivity index (χ0n) is 9.11. The van der Waals surface area contributed by atoms with Gasteiger partial charge in [-0.05, 0) is 31.5 Å². The summed E-state index contributed by atoms with van der Waals surface area (Å²) in [5.74, 6) is 0.649. The second-order valence-corrected chi connectivity index (χ2v) is 4.72. The van der Waals surface area contributed by atoms with Gasteiger partial charge in [0.15, 0.2) is 5.82 Å². The van der Waals surface area contributed by atoms with Crippen molar-refractivity contribution < 1.29 is 0 Å². The van der Waals surface area contributed by atoms with Crippen LogP contribution in [0.1, 0.15) is 15.4 Å². The molecule has 4 heteroatoms. The normalized spacial score (nSPS) is 9.81. The smallest absolute Gasteiger partial charge is 0.159 e. The Morgan fingerprint density at radius 1 is 1.38 bits per heavy atom. The highest BCUT2D eigenvalue weighted by molar-refractivity contribution is 7.12. The first kappa shape index (κ1) is 10.7. The summed E-state index contributed by atoms with van der Waals surface area (Å²) in [6.07, 6.45) is 0. The van der Waals surface area contributed by atoms with Crippen LogP contribution in [0, 0.1) is 25.2 Å². The van der Waals surface area contributed by atoms with Crippen LogP contribution in [0.2, 0.25) is 0 Å². The molecule has 0 aliphatic carbocycles. The maximum Gasteiger partial charge on any atom is 0.159 e. The average Bonchev–Trinajstić information content (AvgIpc) is 2.59. The Hall–Kier alpha value is -1.86. The number of rotatable bonds is 2. The van der Waals surface area contributed by atoms with Crippen molar-refractivity contribution in [1.82, 2.24) is 4.98 Å². The Morgan fingerprint density at radius 2 is 2.19 bits per heavy atom. The number of aryl methyl sites for hydroxylation is 2. The lowest BCUT2D eigenvalue weighted by atomic mass is 10.2. The molecule has 1 aromatic heterocycles. The minimum Gasteiger partial charge on any atom is -0.338 e. The molecule has 2 aromatic rings. The lowest BCUT2D eigenvalue weighted by Gasteiger charge is -2.03. The molecule has 1 N–H and O–H groups in total. The first-order chi connectivity index (χ1) is 7.69. The SMILES string of the molecule is Cc1cccc(Nc2nc(C)sc2C#N)c1. The number of aromatic nitrogens is 1. The predicted octanol–water partition coefficient (Wildman–Crippen LogP) is 3.38. The Bertz CT molecular complexity index is 552. The van der Waals surface area contributed by atoms with E-state index in [0.717, 1.165) is 10.7 Å². The fourth-order valence-electron chi connectivity index (χ4n) is 1.45. The Morgan fingerprint density at radius 3 is 2.88 bits per heavy atom. The van der Waals surface area contributed by atoms with E-state index in [1.165, 1.54) is 16.9 Å². The molecule has 0 fully saturated rings. The van der Waals surface area contributed by atoms with Gasteiger partial charge in [-0.25, -0.2) is 4.98 Å². The molecule has 0 bridgehead atoms. The second kappa shape index (κ2) is 4.33. The average molecular weight is 229 g/mol. The first-order valence-electron chi connectivity index (χ1n) is 4.90. The molecule has 80 valence electrons. The molecule has 0 spiro atoms. The molecule has 0 atom stereocenters. The fraction of sp³-hybridized carbons (Fsp3) is 0.167. The Kier molecular flexibility index (Phi) is 2.88. The molecule has 2 rings (SSSR count). The van der Waals surface area contributed by atoms with Gasteiger partial charge in [-0.15, -0.1) is 11.3 Å². The van der Waals surface area contributed by atoms with E-state index < -0.39 is 0 Å². The number of nitriles is 1. The molecular formula is C12H11N3S. The number of anilines is 2. The zero-order valence-corrected chi connectivity index (χ0v) is 9.93. The van der Waals surface area contributed by atoms with Crippen LogP contribution in [0.3, 0.4) is 0 Å². The summed E-state index contributed by atoms with van der Waals surface area (Å²) >= 11 is 1.40. The molecule has 1 heterocycles. The van der Waals surface area contributed by atoms with Crippen molar-refractivity contribution in [1.29, 1.82) is 5.26 Å². The molecule has 0 saturated carbocycles. The van der Waals surface area contributed by atoms with Gasteiger partial charge in [0.2, 0.25) is 0 Å². The van der Waals surface area contributed by atoms with E-state index >= 15 is 0 Å².